The zero-order valence-electron chi connectivity index (χ0n) is 13.4. The normalized spacial score (nSPS) is 33.9. The first-order valence-corrected chi connectivity index (χ1v) is 8.89. The molecular weight excluding hydrogens is 276 g/mol. The topological polar surface area (TPSA) is 44.4 Å². The number of nitrogens with zero attached hydrogens (tertiary/aromatic N) is 3. The second-order valence-electron chi connectivity index (χ2n) is 7.30. The van der Waals surface area contributed by atoms with Crippen LogP contribution in [-0.4, -0.2) is 65.9 Å². The Morgan fingerprint density at radius 1 is 1.18 bits per heavy atom. The van der Waals surface area contributed by atoms with Gasteiger partial charge in [0.15, 0.2) is 0 Å². The number of likely N-dealkylation sites (tertiary alicyclic amines) is 1. The van der Waals surface area contributed by atoms with Crippen molar-refractivity contribution in [3.05, 3.63) is 18.0 Å². The van der Waals surface area contributed by atoms with Gasteiger partial charge in [0.2, 0.25) is 0 Å². The molecule has 0 spiro atoms. The second-order valence-corrected chi connectivity index (χ2v) is 7.30. The summed E-state index contributed by atoms with van der Waals surface area (Å²) in [6, 6.07) is 2.10. The van der Waals surface area contributed by atoms with Crippen LogP contribution >= 0.6 is 0 Å². The quantitative estimate of drug-likeness (QED) is 0.917. The van der Waals surface area contributed by atoms with Crippen molar-refractivity contribution in [2.45, 2.75) is 25.8 Å². The molecule has 1 saturated carbocycles. The number of hydrogen-bond donors (Lipinski definition) is 1. The summed E-state index contributed by atoms with van der Waals surface area (Å²) in [6.45, 7) is 9.00. The summed E-state index contributed by atoms with van der Waals surface area (Å²) in [7, 11) is 0. The van der Waals surface area contributed by atoms with Crippen molar-refractivity contribution in [2.75, 3.05) is 45.9 Å². The Balaban J connectivity index is 1.36. The fraction of sp³-hybridized carbons (Fsp3) is 0.824. The highest BCUT2D eigenvalue weighted by Crippen LogP contribution is 2.40. The van der Waals surface area contributed by atoms with Crippen LogP contribution in [0.1, 0.15) is 25.0 Å². The molecule has 1 aromatic rings. The highest BCUT2D eigenvalue weighted by molar-refractivity contribution is 5.00. The minimum Gasteiger partial charge on any atom is -0.379 e. The van der Waals surface area contributed by atoms with Crippen molar-refractivity contribution < 1.29 is 4.74 Å². The van der Waals surface area contributed by atoms with Crippen LogP contribution < -0.4 is 0 Å². The Morgan fingerprint density at radius 2 is 2.09 bits per heavy atom. The SMILES string of the molecule is c1cc(CN2C[C@H]3CCC[C@@H](CN4CCOCC4)[C@H]3C2)[nH]n1. The Morgan fingerprint density at radius 3 is 2.91 bits per heavy atom. The van der Waals surface area contributed by atoms with Crippen LogP contribution in [0.25, 0.3) is 0 Å². The van der Waals surface area contributed by atoms with E-state index in [0.29, 0.717) is 0 Å². The molecule has 0 radical (unpaired) electrons. The summed E-state index contributed by atoms with van der Waals surface area (Å²) >= 11 is 0. The molecule has 1 N–H and O–H groups in total. The predicted molar refractivity (Wildman–Crippen MR) is 85.4 cm³/mol. The van der Waals surface area contributed by atoms with Gasteiger partial charge in [0.05, 0.1) is 13.2 Å². The minimum absolute atomic E-state index is 0.892. The van der Waals surface area contributed by atoms with Crippen molar-refractivity contribution in [1.29, 1.82) is 0 Å². The van der Waals surface area contributed by atoms with Crippen LogP contribution in [0.15, 0.2) is 12.3 Å². The number of fused-ring (bicyclic) bond motifs is 1. The molecule has 3 atom stereocenters. The summed E-state index contributed by atoms with van der Waals surface area (Å²) in [5.74, 6) is 2.71. The lowest BCUT2D eigenvalue weighted by Gasteiger charge is -2.37. The number of H-pyrrole nitrogens is 1. The maximum Gasteiger partial charge on any atom is 0.0594 e. The fourth-order valence-corrected chi connectivity index (χ4v) is 4.77. The van der Waals surface area contributed by atoms with E-state index in [0.717, 1.165) is 50.6 Å². The number of hydrogen-bond acceptors (Lipinski definition) is 4. The standard InChI is InChI=1S/C17H28N4O/c1-2-14(10-20-6-8-22-9-7-20)17-13-21(11-15(17)3-1)12-16-4-5-18-19-16/h4-5,14-15,17H,1-3,6-13H2,(H,18,19)/t14-,15+,17+/m0/s1. The highest BCUT2D eigenvalue weighted by atomic mass is 16.5. The molecule has 4 rings (SSSR count). The molecule has 122 valence electrons. The van der Waals surface area contributed by atoms with Crippen molar-refractivity contribution in [3.8, 4) is 0 Å². The molecule has 3 heterocycles. The first-order chi connectivity index (χ1) is 10.9. The Bertz CT molecular complexity index is 457. The van der Waals surface area contributed by atoms with Gasteiger partial charge in [-0.05, 0) is 36.7 Å². The second kappa shape index (κ2) is 6.69. The molecule has 3 fully saturated rings. The van der Waals surface area contributed by atoms with E-state index in [1.807, 2.05) is 6.20 Å². The van der Waals surface area contributed by atoms with Gasteiger partial charge in [-0.25, -0.2) is 0 Å². The largest absolute Gasteiger partial charge is 0.379 e. The van der Waals surface area contributed by atoms with Gasteiger partial charge in [0.25, 0.3) is 0 Å². The molecule has 1 aliphatic carbocycles. The zero-order valence-corrected chi connectivity index (χ0v) is 13.4. The first-order valence-electron chi connectivity index (χ1n) is 8.89. The van der Waals surface area contributed by atoms with E-state index in [2.05, 4.69) is 26.1 Å². The van der Waals surface area contributed by atoms with Gasteiger partial charge in [-0.2, -0.15) is 5.10 Å². The summed E-state index contributed by atoms with van der Waals surface area (Å²) < 4.78 is 5.49. The molecule has 0 bridgehead atoms. The van der Waals surface area contributed by atoms with Crippen LogP contribution in [0.5, 0.6) is 0 Å². The molecule has 2 saturated heterocycles. The third kappa shape index (κ3) is 3.21. The summed E-state index contributed by atoms with van der Waals surface area (Å²) in [4.78, 5) is 5.27. The number of aromatic nitrogens is 2. The number of nitrogens with one attached hydrogen (secondary N) is 1. The Kier molecular flexibility index (Phi) is 4.46. The van der Waals surface area contributed by atoms with Crippen molar-refractivity contribution in [2.24, 2.45) is 17.8 Å². The van der Waals surface area contributed by atoms with Crippen LogP contribution in [0.4, 0.5) is 0 Å². The zero-order chi connectivity index (χ0) is 14.8. The number of ether oxygens (including phenoxy) is 1. The van der Waals surface area contributed by atoms with Gasteiger partial charge >= 0.3 is 0 Å². The van der Waals surface area contributed by atoms with E-state index in [1.54, 1.807) is 0 Å². The van der Waals surface area contributed by atoms with Crippen LogP contribution in [-0.2, 0) is 11.3 Å². The molecule has 2 aliphatic heterocycles. The van der Waals surface area contributed by atoms with Crippen LogP contribution in [0, 0.1) is 17.8 Å². The minimum atomic E-state index is 0.892. The molecule has 0 aromatic carbocycles. The molecule has 22 heavy (non-hydrogen) atoms. The van der Waals surface area contributed by atoms with E-state index in [-0.39, 0.29) is 0 Å². The summed E-state index contributed by atoms with van der Waals surface area (Å²) in [5.41, 5.74) is 1.25. The predicted octanol–water partition coefficient (Wildman–Crippen LogP) is 1.59. The van der Waals surface area contributed by atoms with Gasteiger partial charge < -0.3 is 4.74 Å². The van der Waals surface area contributed by atoms with Gasteiger partial charge in [-0.1, -0.05) is 6.42 Å². The lowest BCUT2D eigenvalue weighted by molar-refractivity contribution is 0.0192. The van der Waals surface area contributed by atoms with E-state index in [4.69, 9.17) is 4.74 Å². The van der Waals surface area contributed by atoms with Crippen LogP contribution in [0.3, 0.4) is 0 Å². The highest BCUT2D eigenvalue weighted by Gasteiger charge is 2.40. The Labute approximate surface area is 133 Å². The Hall–Kier alpha value is -0.910. The molecule has 5 heteroatoms. The number of morpholine rings is 1. The van der Waals surface area contributed by atoms with Crippen molar-refractivity contribution >= 4 is 0 Å². The lowest BCUT2D eigenvalue weighted by atomic mass is 9.73. The molecule has 0 unspecified atom stereocenters. The number of rotatable bonds is 4. The monoisotopic (exact) mass is 304 g/mol. The van der Waals surface area contributed by atoms with E-state index < -0.39 is 0 Å². The molecular formula is C17H28N4O. The molecule has 3 aliphatic rings. The third-order valence-electron chi connectivity index (χ3n) is 5.87. The van der Waals surface area contributed by atoms with Crippen LogP contribution in [0.2, 0.25) is 0 Å². The average Bonchev–Trinajstić information content (AvgIpc) is 3.18. The smallest absolute Gasteiger partial charge is 0.0594 e. The van der Waals surface area contributed by atoms with Crippen molar-refractivity contribution in [1.82, 2.24) is 20.0 Å². The maximum atomic E-state index is 5.49. The first kappa shape index (κ1) is 14.7. The molecule has 0 amide bonds. The lowest BCUT2D eigenvalue weighted by Crippen LogP contribution is -2.43. The van der Waals surface area contributed by atoms with Gasteiger partial charge in [0.1, 0.15) is 0 Å². The molecule has 5 nitrogen and oxygen atoms in total. The maximum absolute atomic E-state index is 5.49. The van der Waals surface area contributed by atoms with Gasteiger partial charge in [-0.3, -0.25) is 14.9 Å². The van der Waals surface area contributed by atoms with Crippen molar-refractivity contribution in [3.63, 3.8) is 0 Å². The third-order valence-corrected chi connectivity index (χ3v) is 5.87. The van der Waals surface area contributed by atoms with Gasteiger partial charge in [0, 0.05) is 51.2 Å². The van der Waals surface area contributed by atoms with E-state index in [9.17, 15) is 0 Å². The summed E-state index contributed by atoms with van der Waals surface area (Å²) in [6.07, 6.45) is 6.15. The summed E-state index contributed by atoms with van der Waals surface area (Å²) in [5, 5.41) is 7.19. The van der Waals surface area contributed by atoms with E-state index in [1.165, 1.54) is 44.6 Å². The average molecular weight is 304 g/mol. The number of aromatic amines is 1. The fourth-order valence-electron chi connectivity index (χ4n) is 4.77. The van der Waals surface area contributed by atoms with E-state index >= 15 is 0 Å². The van der Waals surface area contributed by atoms with Gasteiger partial charge in [-0.15, -0.1) is 0 Å². The molecule has 1 aromatic heterocycles.